The normalized spacial score (nSPS) is 16.4. The van der Waals surface area contributed by atoms with Crippen LogP contribution in [0.25, 0.3) is 0 Å². The van der Waals surface area contributed by atoms with Crippen molar-refractivity contribution < 1.29 is 14.3 Å². The number of ether oxygens (including phenoxy) is 2. The minimum absolute atomic E-state index is 0.0621. The van der Waals surface area contributed by atoms with Crippen LogP contribution in [0.5, 0.6) is 5.75 Å². The zero-order valence-electron chi connectivity index (χ0n) is 13.2. The molecule has 22 heavy (non-hydrogen) atoms. The summed E-state index contributed by atoms with van der Waals surface area (Å²) in [4.78, 5) is 12.7. The highest BCUT2D eigenvalue weighted by atomic mass is 16.6. The van der Waals surface area contributed by atoms with E-state index in [1.165, 1.54) is 0 Å². The summed E-state index contributed by atoms with van der Waals surface area (Å²) in [5.74, 6) is 0.859. The number of ketones is 1. The van der Waals surface area contributed by atoms with Crippen molar-refractivity contribution in [3.05, 3.63) is 64.2 Å². The van der Waals surface area contributed by atoms with Crippen LogP contribution < -0.4 is 4.74 Å². The third-order valence-electron chi connectivity index (χ3n) is 3.89. The molecule has 3 nitrogen and oxygen atoms in total. The number of hydrogen-bond donors (Lipinski definition) is 0. The van der Waals surface area contributed by atoms with Crippen molar-refractivity contribution >= 4 is 5.78 Å². The van der Waals surface area contributed by atoms with Gasteiger partial charge in [0.25, 0.3) is 0 Å². The molecule has 2 aromatic carbocycles. The number of carbonyl (C=O) groups is 1. The fraction of sp³-hybridized carbons (Fsp3) is 0.316. The fourth-order valence-electron chi connectivity index (χ4n) is 2.57. The van der Waals surface area contributed by atoms with Gasteiger partial charge in [-0.1, -0.05) is 29.8 Å². The minimum Gasteiger partial charge on any atom is -0.491 e. The van der Waals surface area contributed by atoms with E-state index in [0.29, 0.717) is 6.61 Å². The summed E-state index contributed by atoms with van der Waals surface area (Å²) < 4.78 is 10.9. The van der Waals surface area contributed by atoms with Gasteiger partial charge in [0, 0.05) is 11.1 Å². The monoisotopic (exact) mass is 296 g/mol. The Kier molecular flexibility index (Phi) is 3.99. The summed E-state index contributed by atoms with van der Waals surface area (Å²) in [6, 6.07) is 11.5. The molecule has 0 saturated carbocycles. The molecule has 0 aromatic heterocycles. The Morgan fingerprint density at radius 1 is 1.14 bits per heavy atom. The predicted octanol–water partition coefficient (Wildman–Crippen LogP) is 3.62. The molecule has 0 radical (unpaired) electrons. The molecule has 2 aromatic rings. The first-order valence-electron chi connectivity index (χ1n) is 7.51. The summed E-state index contributed by atoms with van der Waals surface area (Å²) in [6.45, 7) is 7.27. The molecule has 1 aliphatic heterocycles. The average Bonchev–Trinajstić information content (AvgIpc) is 3.29. The van der Waals surface area contributed by atoms with Crippen molar-refractivity contribution in [3.8, 4) is 5.75 Å². The Morgan fingerprint density at radius 2 is 1.73 bits per heavy atom. The first-order chi connectivity index (χ1) is 10.5. The molecule has 0 bridgehead atoms. The van der Waals surface area contributed by atoms with Gasteiger partial charge < -0.3 is 9.47 Å². The summed E-state index contributed by atoms with van der Waals surface area (Å²) in [5, 5.41) is 0. The van der Waals surface area contributed by atoms with Crippen LogP contribution in [0, 0.1) is 20.8 Å². The first kappa shape index (κ1) is 14.8. The van der Waals surface area contributed by atoms with Gasteiger partial charge in [0.1, 0.15) is 18.5 Å². The molecule has 3 rings (SSSR count). The average molecular weight is 296 g/mol. The number of benzene rings is 2. The van der Waals surface area contributed by atoms with Gasteiger partial charge in [0.2, 0.25) is 0 Å². The standard InChI is InChI=1S/C19H20O3/c1-12-4-6-15(7-5-12)19(20)18-13(2)8-16(9-14(18)3)21-10-17-11-22-17/h4-9,17H,10-11H2,1-3H3. The lowest BCUT2D eigenvalue weighted by atomic mass is 9.94. The highest BCUT2D eigenvalue weighted by molar-refractivity contribution is 6.10. The second-order valence-electron chi connectivity index (χ2n) is 5.89. The van der Waals surface area contributed by atoms with Crippen LogP contribution in [0.4, 0.5) is 0 Å². The number of aryl methyl sites for hydroxylation is 3. The quantitative estimate of drug-likeness (QED) is 0.625. The van der Waals surface area contributed by atoms with Crippen molar-refractivity contribution in [1.29, 1.82) is 0 Å². The van der Waals surface area contributed by atoms with Gasteiger partial charge in [-0.3, -0.25) is 4.79 Å². The van der Waals surface area contributed by atoms with Crippen LogP contribution in [0.2, 0.25) is 0 Å². The summed E-state index contributed by atoms with van der Waals surface area (Å²) in [5.41, 5.74) is 4.52. The zero-order valence-corrected chi connectivity index (χ0v) is 13.2. The third-order valence-corrected chi connectivity index (χ3v) is 3.89. The van der Waals surface area contributed by atoms with E-state index in [4.69, 9.17) is 9.47 Å². The molecule has 0 amide bonds. The van der Waals surface area contributed by atoms with Crippen molar-refractivity contribution in [2.75, 3.05) is 13.2 Å². The second-order valence-corrected chi connectivity index (χ2v) is 5.89. The molecule has 1 saturated heterocycles. The van der Waals surface area contributed by atoms with E-state index >= 15 is 0 Å². The molecule has 114 valence electrons. The van der Waals surface area contributed by atoms with Gasteiger partial charge in [-0.05, 0) is 44.0 Å². The maximum Gasteiger partial charge on any atom is 0.193 e. The zero-order chi connectivity index (χ0) is 15.7. The Labute approximate surface area is 130 Å². The molecule has 3 heteroatoms. The number of epoxide rings is 1. The van der Waals surface area contributed by atoms with E-state index in [0.717, 1.165) is 40.2 Å². The van der Waals surface area contributed by atoms with Crippen LogP contribution in [0.3, 0.4) is 0 Å². The minimum atomic E-state index is 0.0621. The fourth-order valence-corrected chi connectivity index (χ4v) is 2.57. The van der Waals surface area contributed by atoms with Gasteiger partial charge in [-0.2, -0.15) is 0 Å². The molecular formula is C19H20O3. The number of carbonyl (C=O) groups excluding carboxylic acids is 1. The summed E-state index contributed by atoms with van der Waals surface area (Å²) >= 11 is 0. The lowest BCUT2D eigenvalue weighted by Crippen LogP contribution is -2.09. The van der Waals surface area contributed by atoms with E-state index in [1.807, 2.05) is 57.2 Å². The number of rotatable bonds is 5. The lowest BCUT2D eigenvalue weighted by molar-refractivity contribution is 0.103. The summed E-state index contributed by atoms with van der Waals surface area (Å²) in [6.07, 6.45) is 0.231. The van der Waals surface area contributed by atoms with Gasteiger partial charge >= 0.3 is 0 Å². The van der Waals surface area contributed by atoms with Crippen molar-refractivity contribution in [1.82, 2.24) is 0 Å². The Hall–Kier alpha value is -2.13. The van der Waals surface area contributed by atoms with E-state index in [2.05, 4.69) is 0 Å². The van der Waals surface area contributed by atoms with E-state index in [9.17, 15) is 4.79 Å². The first-order valence-corrected chi connectivity index (χ1v) is 7.51. The van der Waals surface area contributed by atoms with Crippen molar-refractivity contribution in [3.63, 3.8) is 0 Å². The van der Waals surface area contributed by atoms with Gasteiger partial charge in [0.15, 0.2) is 5.78 Å². The molecule has 0 aliphatic carbocycles. The predicted molar refractivity (Wildman–Crippen MR) is 85.8 cm³/mol. The Morgan fingerprint density at radius 3 is 2.27 bits per heavy atom. The molecule has 0 spiro atoms. The third kappa shape index (κ3) is 3.20. The molecule has 1 atom stereocenters. The largest absolute Gasteiger partial charge is 0.491 e. The molecule has 1 fully saturated rings. The maximum absolute atomic E-state index is 12.7. The Bertz CT molecular complexity index is 674. The van der Waals surface area contributed by atoms with Crippen LogP contribution in [-0.4, -0.2) is 25.1 Å². The van der Waals surface area contributed by atoms with Gasteiger partial charge in [-0.15, -0.1) is 0 Å². The van der Waals surface area contributed by atoms with Gasteiger partial charge in [-0.25, -0.2) is 0 Å². The molecule has 0 N–H and O–H groups in total. The number of hydrogen-bond acceptors (Lipinski definition) is 3. The van der Waals surface area contributed by atoms with Crippen LogP contribution in [0.15, 0.2) is 36.4 Å². The van der Waals surface area contributed by atoms with E-state index in [1.54, 1.807) is 0 Å². The topological polar surface area (TPSA) is 38.8 Å². The Balaban J connectivity index is 1.86. The van der Waals surface area contributed by atoms with Crippen LogP contribution >= 0.6 is 0 Å². The van der Waals surface area contributed by atoms with Crippen LogP contribution in [-0.2, 0) is 4.74 Å². The van der Waals surface area contributed by atoms with Crippen LogP contribution in [0.1, 0.15) is 32.6 Å². The molecule has 1 heterocycles. The maximum atomic E-state index is 12.7. The smallest absolute Gasteiger partial charge is 0.193 e. The van der Waals surface area contributed by atoms with E-state index < -0.39 is 0 Å². The van der Waals surface area contributed by atoms with Gasteiger partial charge in [0.05, 0.1) is 6.61 Å². The molecule has 1 unspecified atom stereocenters. The molecular weight excluding hydrogens is 276 g/mol. The van der Waals surface area contributed by atoms with Crippen molar-refractivity contribution in [2.45, 2.75) is 26.9 Å². The SMILES string of the molecule is Cc1ccc(C(=O)c2c(C)cc(OCC3CO3)cc2C)cc1. The highest BCUT2D eigenvalue weighted by Crippen LogP contribution is 2.25. The highest BCUT2D eigenvalue weighted by Gasteiger charge is 2.23. The van der Waals surface area contributed by atoms with E-state index in [-0.39, 0.29) is 11.9 Å². The second kappa shape index (κ2) is 5.93. The summed E-state index contributed by atoms with van der Waals surface area (Å²) in [7, 11) is 0. The lowest BCUT2D eigenvalue weighted by Gasteiger charge is -2.13. The van der Waals surface area contributed by atoms with Crippen molar-refractivity contribution in [2.24, 2.45) is 0 Å². The molecule has 1 aliphatic rings.